The van der Waals surface area contributed by atoms with Gasteiger partial charge in [0.25, 0.3) is 5.91 Å². The smallest absolute Gasteiger partial charge is 0.253 e. The highest BCUT2D eigenvalue weighted by Gasteiger charge is 2.26. The van der Waals surface area contributed by atoms with Crippen molar-refractivity contribution >= 4 is 5.91 Å². The molecule has 106 valence electrons. The summed E-state index contributed by atoms with van der Waals surface area (Å²) in [5.41, 5.74) is 0.253. The first-order valence-corrected chi connectivity index (χ1v) is 6.59. The van der Waals surface area contributed by atoms with Gasteiger partial charge in [-0.05, 0) is 37.5 Å². The highest BCUT2D eigenvalue weighted by molar-refractivity contribution is 5.82. The lowest BCUT2D eigenvalue weighted by atomic mass is 9.94. The van der Waals surface area contributed by atoms with E-state index in [0.717, 1.165) is 12.8 Å². The minimum Gasteiger partial charge on any atom is -0.497 e. The Labute approximate surface area is 114 Å². The second kappa shape index (κ2) is 6.57. The zero-order valence-corrected chi connectivity index (χ0v) is 12.1. The first-order chi connectivity index (χ1) is 8.95. The monoisotopic (exact) mass is 265 g/mol. The number of benzene rings is 1. The fraction of sp³-hybridized carbons (Fsp3) is 0.533. The zero-order valence-electron chi connectivity index (χ0n) is 12.1. The minimum atomic E-state index is -1.17. The Hall–Kier alpha value is -1.55. The molecular weight excluding hydrogens is 242 g/mol. The maximum absolute atomic E-state index is 12.1. The van der Waals surface area contributed by atoms with E-state index < -0.39 is 6.10 Å². The van der Waals surface area contributed by atoms with E-state index in [-0.39, 0.29) is 11.4 Å². The SMILES string of the molecule is CCC(C)(CC)NC(=O)C(O)c1cccc(OC)c1. The van der Waals surface area contributed by atoms with Gasteiger partial charge in [0.1, 0.15) is 5.75 Å². The van der Waals surface area contributed by atoms with Crippen LogP contribution in [0.1, 0.15) is 45.3 Å². The molecule has 0 aromatic heterocycles. The number of nitrogens with one attached hydrogen (secondary N) is 1. The van der Waals surface area contributed by atoms with Crippen LogP contribution in [0.15, 0.2) is 24.3 Å². The number of aliphatic hydroxyl groups is 1. The molecule has 0 aliphatic rings. The third kappa shape index (κ3) is 3.96. The van der Waals surface area contributed by atoms with Crippen molar-refractivity contribution in [1.29, 1.82) is 0 Å². The van der Waals surface area contributed by atoms with Gasteiger partial charge in [-0.1, -0.05) is 26.0 Å². The van der Waals surface area contributed by atoms with Crippen LogP contribution in [0.25, 0.3) is 0 Å². The summed E-state index contributed by atoms with van der Waals surface area (Å²) in [7, 11) is 1.55. The summed E-state index contributed by atoms with van der Waals surface area (Å²) in [6.07, 6.45) is 0.465. The van der Waals surface area contributed by atoms with Gasteiger partial charge in [0, 0.05) is 5.54 Å². The van der Waals surface area contributed by atoms with E-state index in [4.69, 9.17) is 4.74 Å². The first kappa shape index (κ1) is 15.5. The molecule has 0 fully saturated rings. The Morgan fingerprint density at radius 3 is 2.58 bits per heavy atom. The van der Waals surface area contributed by atoms with Crippen molar-refractivity contribution in [3.63, 3.8) is 0 Å². The van der Waals surface area contributed by atoms with Crippen molar-refractivity contribution < 1.29 is 14.6 Å². The van der Waals surface area contributed by atoms with E-state index in [1.807, 2.05) is 20.8 Å². The Balaban J connectivity index is 2.81. The van der Waals surface area contributed by atoms with Gasteiger partial charge in [0.05, 0.1) is 7.11 Å². The van der Waals surface area contributed by atoms with Crippen molar-refractivity contribution in [2.24, 2.45) is 0 Å². The van der Waals surface area contributed by atoms with E-state index in [9.17, 15) is 9.90 Å². The Bertz CT molecular complexity index is 427. The average molecular weight is 265 g/mol. The zero-order chi connectivity index (χ0) is 14.5. The lowest BCUT2D eigenvalue weighted by Gasteiger charge is -2.29. The molecule has 19 heavy (non-hydrogen) atoms. The van der Waals surface area contributed by atoms with Gasteiger partial charge in [-0.15, -0.1) is 0 Å². The number of hydrogen-bond donors (Lipinski definition) is 2. The number of ether oxygens (including phenoxy) is 1. The number of amides is 1. The molecule has 1 atom stereocenters. The number of rotatable bonds is 6. The largest absolute Gasteiger partial charge is 0.497 e. The maximum atomic E-state index is 12.1. The summed E-state index contributed by atoms with van der Waals surface area (Å²) in [4.78, 5) is 12.1. The van der Waals surface area contributed by atoms with Gasteiger partial charge in [-0.3, -0.25) is 4.79 Å². The molecule has 1 unspecified atom stereocenters. The number of carbonyl (C=O) groups excluding carboxylic acids is 1. The standard InChI is InChI=1S/C15H23NO3/c1-5-15(3,6-2)16-14(18)13(17)11-8-7-9-12(10-11)19-4/h7-10,13,17H,5-6H2,1-4H3,(H,16,18). The van der Waals surface area contributed by atoms with Crippen LogP contribution in [0.5, 0.6) is 5.75 Å². The van der Waals surface area contributed by atoms with Gasteiger partial charge in [-0.2, -0.15) is 0 Å². The second-order valence-corrected chi connectivity index (χ2v) is 4.94. The molecule has 0 aliphatic heterocycles. The lowest BCUT2D eigenvalue weighted by molar-refractivity contribution is -0.131. The van der Waals surface area contributed by atoms with E-state index >= 15 is 0 Å². The van der Waals surface area contributed by atoms with Gasteiger partial charge in [0.15, 0.2) is 6.10 Å². The molecule has 2 N–H and O–H groups in total. The summed E-state index contributed by atoms with van der Waals surface area (Å²) >= 11 is 0. The fourth-order valence-corrected chi connectivity index (χ4v) is 1.76. The predicted octanol–water partition coefficient (Wildman–Crippen LogP) is 2.42. The van der Waals surface area contributed by atoms with Crippen molar-refractivity contribution in [2.75, 3.05) is 7.11 Å². The normalized spacial score (nSPS) is 12.9. The predicted molar refractivity (Wildman–Crippen MR) is 75.1 cm³/mol. The Morgan fingerprint density at radius 1 is 1.42 bits per heavy atom. The molecule has 1 amide bonds. The summed E-state index contributed by atoms with van der Waals surface area (Å²) in [6, 6.07) is 6.90. The van der Waals surface area contributed by atoms with Crippen LogP contribution < -0.4 is 10.1 Å². The molecular formula is C15H23NO3. The summed E-state index contributed by atoms with van der Waals surface area (Å²) in [6.45, 7) is 6.01. The quantitative estimate of drug-likeness (QED) is 0.830. The third-order valence-electron chi connectivity index (χ3n) is 3.64. The summed E-state index contributed by atoms with van der Waals surface area (Å²) in [5, 5.41) is 13.0. The fourth-order valence-electron chi connectivity index (χ4n) is 1.76. The molecule has 0 bridgehead atoms. The second-order valence-electron chi connectivity index (χ2n) is 4.94. The lowest BCUT2D eigenvalue weighted by Crippen LogP contribution is -2.46. The Kier molecular flexibility index (Phi) is 5.36. The van der Waals surface area contributed by atoms with Crippen LogP contribution >= 0.6 is 0 Å². The molecule has 0 heterocycles. The van der Waals surface area contributed by atoms with Crippen LogP contribution in [0.2, 0.25) is 0 Å². The molecule has 4 heteroatoms. The molecule has 0 saturated carbocycles. The van der Waals surface area contributed by atoms with E-state index in [2.05, 4.69) is 5.32 Å². The molecule has 1 aromatic rings. The molecule has 0 saturated heterocycles. The molecule has 0 spiro atoms. The molecule has 0 radical (unpaired) electrons. The van der Waals surface area contributed by atoms with E-state index in [1.54, 1.807) is 31.4 Å². The van der Waals surface area contributed by atoms with E-state index in [0.29, 0.717) is 11.3 Å². The molecule has 4 nitrogen and oxygen atoms in total. The topological polar surface area (TPSA) is 58.6 Å². The van der Waals surface area contributed by atoms with Crippen LogP contribution in [0.3, 0.4) is 0 Å². The average Bonchev–Trinajstić information content (AvgIpc) is 2.46. The van der Waals surface area contributed by atoms with Gasteiger partial charge < -0.3 is 15.2 Å². The number of hydrogen-bond acceptors (Lipinski definition) is 3. The van der Waals surface area contributed by atoms with Crippen molar-refractivity contribution in [3.05, 3.63) is 29.8 Å². The maximum Gasteiger partial charge on any atom is 0.253 e. The highest BCUT2D eigenvalue weighted by atomic mass is 16.5. The first-order valence-electron chi connectivity index (χ1n) is 6.59. The summed E-state index contributed by atoms with van der Waals surface area (Å²) in [5.74, 6) is 0.248. The van der Waals surface area contributed by atoms with Crippen molar-refractivity contribution in [1.82, 2.24) is 5.32 Å². The van der Waals surface area contributed by atoms with Gasteiger partial charge in [-0.25, -0.2) is 0 Å². The molecule has 1 rings (SSSR count). The van der Waals surface area contributed by atoms with Crippen LogP contribution in [-0.2, 0) is 4.79 Å². The molecule has 1 aromatic carbocycles. The summed E-state index contributed by atoms with van der Waals surface area (Å²) < 4.78 is 5.09. The number of carbonyl (C=O) groups is 1. The van der Waals surface area contributed by atoms with E-state index in [1.165, 1.54) is 0 Å². The van der Waals surface area contributed by atoms with Gasteiger partial charge in [0.2, 0.25) is 0 Å². The van der Waals surface area contributed by atoms with Crippen LogP contribution in [0.4, 0.5) is 0 Å². The van der Waals surface area contributed by atoms with Crippen molar-refractivity contribution in [2.45, 2.75) is 45.3 Å². The minimum absolute atomic E-state index is 0.281. The number of methoxy groups -OCH3 is 1. The molecule has 0 aliphatic carbocycles. The third-order valence-corrected chi connectivity index (χ3v) is 3.64. The highest BCUT2D eigenvalue weighted by Crippen LogP contribution is 2.21. The van der Waals surface area contributed by atoms with Crippen LogP contribution in [0, 0.1) is 0 Å². The number of aliphatic hydroxyl groups excluding tert-OH is 1. The Morgan fingerprint density at radius 2 is 2.05 bits per heavy atom. The van der Waals surface area contributed by atoms with Crippen LogP contribution in [-0.4, -0.2) is 23.7 Å². The van der Waals surface area contributed by atoms with Gasteiger partial charge >= 0.3 is 0 Å². The van der Waals surface area contributed by atoms with Crippen molar-refractivity contribution in [3.8, 4) is 5.75 Å².